The van der Waals surface area contributed by atoms with E-state index in [1.54, 1.807) is 0 Å². The van der Waals surface area contributed by atoms with Gasteiger partial charge in [-0.25, -0.2) is 4.79 Å². The molecule has 3 heteroatoms. The third-order valence-electron chi connectivity index (χ3n) is 5.75. The molecule has 3 aromatic carbocycles. The van der Waals surface area contributed by atoms with Crippen LogP contribution in [-0.4, -0.2) is 5.97 Å². The maximum absolute atomic E-state index is 13.0. The third kappa shape index (κ3) is 3.39. The second-order valence-electron chi connectivity index (χ2n) is 9.43. The van der Waals surface area contributed by atoms with Crippen LogP contribution in [0.15, 0.2) is 48.5 Å². The number of anilines is 3. The van der Waals surface area contributed by atoms with Crippen LogP contribution in [0.4, 0.5) is 17.1 Å². The van der Waals surface area contributed by atoms with Gasteiger partial charge in [-0.05, 0) is 79.6 Å². The summed E-state index contributed by atoms with van der Waals surface area (Å²) in [6, 6.07) is 16.6. The number of esters is 1. The highest BCUT2D eigenvalue weighted by Crippen LogP contribution is 2.47. The summed E-state index contributed by atoms with van der Waals surface area (Å²) in [5.74, 6) is 0.275. The van der Waals surface area contributed by atoms with Gasteiger partial charge in [0.25, 0.3) is 0 Å². The van der Waals surface area contributed by atoms with E-state index in [4.69, 9.17) is 4.74 Å². The van der Waals surface area contributed by atoms with Crippen LogP contribution < -0.4 is 9.64 Å². The molecule has 0 radical (unpaired) electrons. The van der Waals surface area contributed by atoms with Gasteiger partial charge >= 0.3 is 5.97 Å². The van der Waals surface area contributed by atoms with Gasteiger partial charge in [-0.15, -0.1) is 0 Å². The van der Waals surface area contributed by atoms with Crippen LogP contribution in [0.3, 0.4) is 0 Å². The SMILES string of the molecule is Cc1ccc2c(c1)OC(=O)c1cc(C)ccc1N2c1c(C)cc(C(C)(C)C)cc1C. The molecule has 1 heterocycles. The molecular weight excluding hydrogens is 370 g/mol. The largest absolute Gasteiger partial charge is 0.421 e. The summed E-state index contributed by atoms with van der Waals surface area (Å²) in [6.07, 6.45) is 0. The van der Waals surface area contributed by atoms with Crippen LogP contribution >= 0.6 is 0 Å². The zero-order valence-electron chi connectivity index (χ0n) is 18.9. The number of aryl methyl sites for hydroxylation is 4. The molecule has 0 saturated heterocycles. The molecule has 0 amide bonds. The molecule has 0 unspecified atom stereocenters. The predicted octanol–water partition coefficient (Wildman–Crippen LogP) is 7.22. The molecule has 4 rings (SSSR count). The van der Waals surface area contributed by atoms with Gasteiger partial charge in [-0.1, -0.05) is 50.6 Å². The van der Waals surface area contributed by atoms with Gasteiger partial charge in [0.05, 0.1) is 22.6 Å². The summed E-state index contributed by atoms with van der Waals surface area (Å²) < 4.78 is 5.85. The van der Waals surface area contributed by atoms with Crippen LogP contribution in [0.2, 0.25) is 0 Å². The summed E-state index contributed by atoms with van der Waals surface area (Å²) in [7, 11) is 0. The standard InChI is InChI=1S/C27H29NO2/c1-16-8-10-22-21(12-16)26(29)30-24-13-17(2)9-11-23(24)28(22)25-18(3)14-20(15-19(25)4)27(5,6)7/h8-15H,1-7H3. The number of hydrogen-bond donors (Lipinski definition) is 0. The molecule has 3 nitrogen and oxygen atoms in total. The first-order valence-corrected chi connectivity index (χ1v) is 10.4. The Balaban J connectivity index is 2.05. The van der Waals surface area contributed by atoms with Gasteiger partial charge in [0.1, 0.15) is 0 Å². The monoisotopic (exact) mass is 399 g/mol. The van der Waals surface area contributed by atoms with Crippen LogP contribution in [0.5, 0.6) is 5.75 Å². The molecule has 0 fully saturated rings. The first kappa shape index (κ1) is 20.2. The summed E-state index contributed by atoms with van der Waals surface area (Å²) in [5, 5.41) is 0. The lowest BCUT2D eigenvalue weighted by Gasteiger charge is -2.31. The summed E-state index contributed by atoms with van der Waals surface area (Å²) in [6.45, 7) is 15.0. The van der Waals surface area contributed by atoms with Crippen molar-refractivity contribution in [3.05, 3.63) is 81.9 Å². The minimum atomic E-state index is -0.315. The second-order valence-corrected chi connectivity index (χ2v) is 9.43. The van der Waals surface area contributed by atoms with E-state index in [1.165, 1.54) is 16.7 Å². The normalized spacial score (nSPS) is 13.4. The van der Waals surface area contributed by atoms with Crippen molar-refractivity contribution in [1.82, 2.24) is 0 Å². The predicted molar refractivity (Wildman–Crippen MR) is 124 cm³/mol. The Bertz CT molecular complexity index is 1140. The van der Waals surface area contributed by atoms with E-state index in [-0.39, 0.29) is 11.4 Å². The van der Waals surface area contributed by atoms with E-state index < -0.39 is 0 Å². The van der Waals surface area contributed by atoms with Gasteiger partial charge in [0, 0.05) is 0 Å². The topological polar surface area (TPSA) is 29.5 Å². The Kier molecular flexibility index (Phi) is 4.73. The molecule has 0 bridgehead atoms. The van der Waals surface area contributed by atoms with Crippen LogP contribution in [0, 0.1) is 27.7 Å². The number of hydrogen-bond acceptors (Lipinski definition) is 3. The number of nitrogens with zero attached hydrogens (tertiary/aromatic N) is 1. The molecule has 0 atom stereocenters. The van der Waals surface area contributed by atoms with E-state index in [0.29, 0.717) is 11.3 Å². The maximum atomic E-state index is 13.0. The Hall–Kier alpha value is -3.07. The number of carbonyl (C=O) groups is 1. The van der Waals surface area contributed by atoms with Crippen molar-refractivity contribution in [3.8, 4) is 5.75 Å². The summed E-state index contributed by atoms with van der Waals surface area (Å²) in [5.41, 5.74) is 9.21. The molecule has 1 aliphatic heterocycles. The average Bonchev–Trinajstić information content (AvgIpc) is 2.75. The molecule has 1 aliphatic rings. The molecule has 3 aromatic rings. The van der Waals surface area contributed by atoms with Crippen LogP contribution in [0.25, 0.3) is 0 Å². The molecule has 0 spiro atoms. The lowest BCUT2D eigenvalue weighted by Crippen LogP contribution is -2.17. The van der Waals surface area contributed by atoms with Gasteiger partial charge in [-0.3, -0.25) is 0 Å². The van der Waals surface area contributed by atoms with Crippen molar-refractivity contribution in [2.24, 2.45) is 0 Å². The van der Waals surface area contributed by atoms with E-state index >= 15 is 0 Å². The summed E-state index contributed by atoms with van der Waals surface area (Å²) in [4.78, 5) is 15.2. The molecule has 0 aliphatic carbocycles. The van der Waals surface area contributed by atoms with E-state index in [2.05, 4.69) is 57.7 Å². The van der Waals surface area contributed by atoms with E-state index in [0.717, 1.165) is 28.2 Å². The number of fused-ring (bicyclic) bond motifs is 2. The quantitative estimate of drug-likeness (QED) is 0.319. The average molecular weight is 400 g/mol. The number of ether oxygens (including phenoxy) is 1. The highest BCUT2D eigenvalue weighted by atomic mass is 16.5. The molecule has 30 heavy (non-hydrogen) atoms. The fraction of sp³-hybridized carbons (Fsp3) is 0.296. The Morgan fingerprint density at radius 2 is 1.33 bits per heavy atom. The van der Waals surface area contributed by atoms with E-state index in [1.807, 2.05) is 44.2 Å². The summed E-state index contributed by atoms with van der Waals surface area (Å²) >= 11 is 0. The maximum Gasteiger partial charge on any atom is 0.345 e. The van der Waals surface area contributed by atoms with Crippen molar-refractivity contribution in [2.75, 3.05) is 4.90 Å². The first-order chi connectivity index (χ1) is 14.1. The van der Waals surface area contributed by atoms with E-state index in [9.17, 15) is 4.79 Å². The number of benzene rings is 3. The Labute approximate surface area is 179 Å². The van der Waals surface area contributed by atoms with Crippen molar-refractivity contribution < 1.29 is 9.53 Å². The molecular formula is C27H29NO2. The smallest absolute Gasteiger partial charge is 0.345 e. The fourth-order valence-corrected chi connectivity index (χ4v) is 4.16. The van der Waals surface area contributed by atoms with Crippen molar-refractivity contribution in [1.29, 1.82) is 0 Å². The Morgan fingerprint density at radius 1 is 0.767 bits per heavy atom. The lowest BCUT2D eigenvalue weighted by atomic mass is 9.84. The highest BCUT2D eigenvalue weighted by molar-refractivity contribution is 6.03. The zero-order chi connectivity index (χ0) is 21.8. The minimum absolute atomic E-state index is 0.0654. The van der Waals surface area contributed by atoms with Crippen molar-refractivity contribution in [3.63, 3.8) is 0 Å². The van der Waals surface area contributed by atoms with Gasteiger partial charge in [0.15, 0.2) is 5.75 Å². The lowest BCUT2D eigenvalue weighted by molar-refractivity contribution is 0.0738. The molecule has 0 saturated carbocycles. The molecule has 154 valence electrons. The highest BCUT2D eigenvalue weighted by Gasteiger charge is 2.30. The van der Waals surface area contributed by atoms with Crippen molar-refractivity contribution in [2.45, 2.75) is 53.9 Å². The number of carbonyl (C=O) groups excluding carboxylic acids is 1. The molecule has 0 aromatic heterocycles. The van der Waals surface area contributed by atoms with Crippen LogP contribution in [-0.2, 0) is 5.41 Å². The van der Waals surface area contributed by atoms with Gasteiger partial charge in [0.2, 0.25) is 0 Å². The van der Waals surface area contributed by atoms with Crippen molar-refractivity contribution >= 4 is 23.0 Å². The Morgan fingerprint density at radius 3 is 1.93 bits per heavy atom. The van der Waals surface area contributed by atoms with Crippen LogP contribution in [0.1, 0.15) is 58.9 Å². The third-order valence-corrected chi connectivity index (χ3v) is 5.75. The molecule has 0 N–H and O–H groups in total. The van der Waals surface area contributed by atoms with Gasteiger partial charge < -0.3 is 9.64 Å². The zero-order valence-corrected chi connectivity index (χ0v) is 18.9. The minimum Gasteiger partial charge on any atom is -0.421 e. The fourth-order valence-electron chi connectivity index (χ4n) is 4.16. The number of rotatable bonds is 1. The van der Waals surface area contributed by atoms with Gasteiger partial charge in [-0.2, -0.15) is 0 Å². The second kappa shape index (κ2) is 7.02. The first-order valence-electron chi connectivity index (χ1n) is 10.4.